The van der Waals surface area contributed by atoms with Crippen molar-refractivity contribution in [3.05, 3.63) is 65.0 Å². The number of aliphatic hydroxyl groups is 1. The van der Waals surface area contributed by atoms with E-state index < -0.39 is 0 Å². The van der Waals surface area contributed by atoms with Gasteiger partial charge >= 0.3 is 0 Å². The van der Waals surface area contributed by atoms with Crippen molar-refractivity contribution in [1.82, 2.24) is 19.9 Å². The van der Waals surface area contributed by atoms with E-state index >= 15 is 0 Å². The molecular formula is C19H22N4O2. The number of aliphatic hydroxyl groups excluding tert-OH is 1. The van der Waals surface area contributed by atoms with Crippen LogP contribution in [0.1, 0.15) is 18.4 Å². The van der Waals surface area contributed by atoms with Crippen LogP contribution in [0.15, 0.2) is 53.8 Å². The van der Waals surface area contributed by atoms with Gasteiger partial charge in [-0.05, 0) is 36.3 Å². The van der Waals surface area contributed by atoms with Gasteiger partial charge in [-0.1, -0.05) is 18.2 Å². The van der Waals surface area contributed by atoms with E-state index in [1.165, 1.54) is 0 Å². The molecule has 1 fully saturated rings. The van der Waals surface area contributed by atoms with Crippen LogP contribution in [0.4, 0.5) is 0 Å². The number of nitrogens with zero attached hydrogens (tertiary/aromatic N) is 2. The highest BCUT2D eigenvalue weighted by Gasteiger charge is 2.32. The van der Waals surface area contributed by atoms with Crippen molar-refractivity contribution in [2.75, 3.05) is 0 Å². The molecule has 2 heterocycles. The quantitative estimate of drug-likeness (QED) is 0.661. The lowest BCUT2D eigenvalue weighted by Crippen LogP contribution is -2.36. The van der Waals surface area contributed by atoms with E-state index in [0.29, 0.717) is 18.0 Å². The fourth-order valence-electron chi connectivity index (χ4n) is 3.74. The van der Waals surface area contributed by atoms with Crippen LogP contribution in [0.3, 0.4) is 0 Å². The summed E-state index contributed by atoms with van der Waals surface area (Å²) in [6.07, 6.45) is 6.80. The first kappa shape index (κ1) is 16.1. The number of H-pyrrole nitrogens is 1. The normalized spacial score (nSPS) is 23.3. The number of rotatable bonds is 5. The summed E-state index contributed by atoms with van der Waals surface area (Å²) < 4.78 is 2.05. The lowest BCUT2D eigenvalue weighted by molar-refractivity contribution is 0.145. The van der Waals surface area contributed by atoms with Gasteiger partial charge in [-0.3, -0.25) is 4.79 Å². The highest BCUT2D eigenvalue weighted by Crippen LogP contribution is 2.27. The summed E-state index contributed by atoms with van der Waals surface area (Å²) in [7, 11) is 0. The van der Waals surface area contributed by atoms with Crippen molar-refractivity contribution in [3.8, 4) is 0 Å². The molecule has 1 aliphatic carbocycles. The lowest BCUT2D eigenvalue weighted by atomic mass is 10.1. The first-order valence-electron chi connectivity index (χ1n) is 8.67. The van der Waals surface area contributed by atoms with Crippen molar-refractivity contribution in [1.29, 1.82) is 0 Å². The van der Waals surface area contributed by atoms with Crippen LogP contribution in [-0.2, 0) is 13.1 Å². The van der Waals surface area contributed by atoms with E-state index in [4.69, 9.17) is 0 Å². The average molecular weight is 338 g/mol. The van der Waals surface area contributed by atoms with E-state index in [9.17, 15) is 9.90 Å². The summed E-state index contributed by atoms with van der Waals surface area (Å²) in [6, 6.07) is 9.69. The molecule has 0 spiro atoms. The zero-order chi connectivity index (χ0) is 17.2. The molecule has 0 radical (unpaired) electrons. The van der Waals surface area contributed by atoms with Crippen molar-refractivity contribution in [3.63, 3.8) is 0 Å². The highest BCUT2D eigenvalue weighted by atomic mass is 16.3. The summed E-state index contributed by atoms with van der Waals surface area (Å²) in [6.45, 7) is 1.32. The Kier molecular flexibility index (Phi) is 4.38. The molecule has 1 saturated carbocycles. The Morgan fingerprint density at radius 2 is 2.20 bits per heavy atom. The Balaban J connectivity index is 1.41. The summed E-state index contributed by atoms with van der Waals surface area (Å²) in [4.78, 5) is 19.2. The number of hydrogen-bond acceptors (Lipinski definition) is 4. The number of hydrogen-bond donors (Lipinski definition) is 3. The molecule has 130 valence electrons. The van der Waals surface area contributed by atoms with E-state index in [2.05, 4.69) is 15.3 Å². The summed E-state index contributed by atoms with van der Waals surface area (Å²) in [5.41, 5.74) is 1.47. The van der Waals surface area contributed by atoms with E-state index in [0.717, 1.165) is 30.3 Å². The van der Waals surface area contributed by atoms with Crippen LogP contribution in [0.25, 0.3) is 10.9 Å². The van der Waals surface area contributed by atoms with Crippen LogP contribution in [0.2, 0.25) is 0 Å². The molecule has 6 nitrogen and oxygen atoms in total. The zero-order valence-electron chi connectivity index (χ0n) is 13.9. The van der Waals surface area contributed by atoms with Gasteiger partial charge in [0.2, 0.25) is 0 Å². The number of aromatic amines is 1. The first-order chi connectivity index (χ1) is 12.2. The molecule has 1 aromatic carbocycles. The molecule has 3 aromatic rings. The molecule has 1 unspecified atom stereocenters. The zero-order valence-corrected chi connectivity index (χ0v) is 13.9. The number of pyridine rings is 1. The number of aromatic nitrogens is 3. The molecular weight excluding hydrogens is 316 g/mol. The molecule has 25 heavy (non-hydrogen) atoms. The molecule has 0 saturated heterocycles. The second-order valence-corrected chi connectivity index (χ2v) is 6.86. The minimum Gasteiger partial charge on any atom is -0.391 e. The van der Waals surface area contributed by atoms with Gasteiger partial charge in [-0.2, -0.15) is 0 Å². The Hall–Kier alpha value is -2.44. The van der Waals surface area contributed by atoms with Crippen LogP contribution in [0.5, 0.6) is 0 Å². The van der Waals surface area contributed by atoms with Gasteiger partial charge in [-0.25, -0.2) is 4.98 Å². The van der Waals surface area contributed by atoms with Crippen LogP contribution >= 0.6 is 0 Å². The maximum atomic E-state index is 12.2. The minimum absolute atomic E-state index is 0.0133. The molecule has 0 amide bonds. The molecule has 4 rings (SSSR count). The Morgan fingerprint density at radius 1 is 1.32 bits per heavy atom. The van der Waals surface area contributed by atoms with Gasteiger partial charge in [0.1, 0.15) is 0 Å². The van der Waals surface area contributed by atoms with E-state index in [1.54, 1.807) is 6.20 Å². The van der Waals surface area contributed by atoms with Crippen LogP contribution in [-0.4, -0.2) is 31.8 Å². The number of imidazole rings is 1. The van der Waals surface area contributed by atoms with Crippen LogP contribution in [0, 0.1) is 5.92 Å². The van der Waals surface area contributed by atoms with Crippen molar-refractivity contribution in [2.24, 2.45) is 5.92 Å². The van der Waals surface area contributed by atoms with Gasteiger partial charge in [0, 0.05) is 42.6 Å². The maximum absolute atomic E-state index is 12.2. The standard InChI is InChI=1S/C19H22N4O2/c24-18-8-13(11-23-6-5-20-12-23)7-17(18)21-10-15-9-14-3-1-2-4-16(14)22-19(15)25/h1-6,9,12-13,17-18,21,24H,7-8,10-11H2,(H,22,25)/t13?,17-,18-/m1/s1. The average Bonchev–Trinajstić information content (AvgIpc) is 3.23. The fraction of sp³-hybridized carbons (Fsp3) is 0.368. The third-order valence-electron chi connectivity index (χ3n) is 5.04. The third-order valence-corrected chi connectivity index (χ3v) is 5.04. The SMILES string of the molecule is O=c1[nH]c2ccccc2cc1CN[C@@H]1CC(Cn2ccnc2)C[C@H]1O. The van der Waals surface area contributed by atoms with Crippen LogP contribution < -0.4 is 10.9 Å². The van der Waals surface area contributed by atoms with Gasteiger partial charge in [0.25, 0.3) is 5.56 Å². The molecule has 2 aromatic heterocycles. The number of fused-ring (bicyclic) bond motifs is 1. The topological polar surface area (TPSA) is 82.9 Å². The third kappa shape index (κ3) is 3.50. The Labute approximate surface area is 145 Å². The maximum Gasteiger partial charge on any atom is 0.252 e. The predicted octanol–water partition coefficient (Wildman–Crippen LogP) is 1.65. The molecule has 0 bridgehead atoms. The molecule has 0 aliphatic heterocycles. The summed E-state index contributed by atoms with van der Waals surface area (Å²) in [5.74, 6) is 0.414. The van der Waals surface area contributed by atoms with E-state index in [1.807, 2.05) is 47.4 Å². The second-order valence-electron chi connectivity index (χ2n) is 6.86. The van der Waals surface area contributed by atoms with Gasteiger partial charge in [-0.15, -0.1) is 0 Å². The molecule has 3 N–H and O–H groups in total. The Bertz CT molecular complexity index is 903. The molecule has 3 atom stereocenters. The molecule has 6 heteroatoms. The van der Waals surface area contributed by atoms with Gasteiger partial charge in [0.15, 0.2) is 0 Å². The number of benzene rings is 1. The van der Waals surface area contributed by atoms with Gasteiger partial charge in [0.05, 0.1) is 12.4 Å². The monoisotopic (exact) mass is 338 g/mol. The van der Waals surface area contributed by atoms with E-state index in [-0.39, 0.29) is 17.7 Å². The summed E-state index contributed by atoms with van der Waals surface area (Å²) in [5, 5.41) is 14.7. The second kappa shape index (κ2) is 6.82. The highest BCUT2D eigenvalue weighted by molar-refractivity contribution is 5.78. The van der Waals surface area contributed by atoms with Gasteiger partial charge < -0.3 is 20.0 Å². The molecule has 1 aliphatic rings. The summed E-state index contributed by atoms with van der Waals surface area (Å²) >= 11 is 0. The largest absolute Gasteiger partial charge is 0.391 e. The number of nitrogens with one attached hydrogen (secondary N) is 2. The smallest absolute Gasteiger partial charge is 0.252 e. The predicted molar refractivity (Wildman–Crippen MR) is 96.2 cm³/mol. The Morgan fingerprint density at radius 3 is 3.04 bits per heavy atom. The lowest BCUT2D eigenvalue weighted by Gasteiger charge is -2.16. The first-order valence-corrected chi connectivity index (χ1v) is 8.67. The number of para-hydroxylation sites is 1. The van der Waals surface area contributed by atoms with Crippen molar-refractivity contribution < 1.29 is 5.11 Å². The van der Waals surface area contributed by atoms with Crippen molar-refractivity contribution >= 4 is 10.9 Å². The minimum atomic E-state index is -0.381. The van der Waals surface area contributed by atoms with Crippen molar-refractivity contribution in [2.45, 2.75) is 38.1 Å². The fourth-order valence-corrected chi connectivity index (χ4v) is 3.74.